The van der Waals surface area contributed by atoms with Gasteiger partial charge in [-0.15, -0.1) is 0 Å². The Kier molecular flexibility index (Phi) is 6.54. The van der Waals surface area contributed by atoms with E-state index in [4.69, 9.17) is 0 Å². The fourth-order valence-corrected chi connectivity index (χ4v) is 2.63. The SMILES string of the molecule is CCC(C#N)(CCCN1CCCCCC1)NC. The molecule has 0 aromatic heterocycles. The second-order valence-corrected chi connectivity index (χ2v) is 5.16. The Bertz CT molecular complexity index is 232. The summed E-state index contributed by atoms with van der Waals surface area (Å²) in [4.78, 5) is 2.57. The molecule has 17 heavy (non-hydrogen) atoms. The maximum absolute atomic E-state index is 9.23. The van der Waals surface area contributed by atoms with Crippen molar-refractivity contribution in [2.45, 2.75) is 57.4 Å². The molecule has 1 aliphatic heterocycles. The predicted octanol–water partition coefficient (Wildman–Crippen LogP) is 2.53. The number of rotatable bonds is 6. The van der Waals surface area contributed by atoms with Crippen molar-refractivity contribution < 1.29 is 0 Å². The van der Waals surface area contributed by atoms with Gasteiger partial charge in [-0.25, -0.2) is 0 Å². The van der Waals surface area contributed by atoms with Gasteiger partial charge in [0, 0.05) is 0 Å². The van der Waals surface area contributed by atoms with Crippen LogP contribution in [0.1, 0.15) is 51.9 Å². The van der Waals surface area contributed by atoms with Gasteiger partial charge in [-0.05, 0) is 58.8 Å². The minimum atomic E-state index is -0.300. The second-order valence-electron chi connectivity index (χ2n) is 5.16. The second kappa shape index (κ2) is 7.68. The standard InChI is InChI=1S/C14H27N3/c1-3-14(13-15,16-2)9-8-12-17-10-6-4-5-7-11-17/h16H,3-12H2,1-2H3. The molecular weight excluding hydrogens is 210 g/mol. The van der Waals surface area contributed by atoms with Crippen LogP contribution >= 0.6 is 0 Å². The van der Waals surface area contributed by atoms with Crippen LogP contribution in [0.4, 0.5) is 0 Å². The first-order chi connectivity index (χ1) is 8.26. The van der Waals surface area contributed by atoms with Crippen LogP contribution < -0.4 is 5.32 Å². The molecule has 1 rings (SSSR count). The molecule has 0 aliphatic carbocycles. The molecule has 0 bridgehead atoms. The van der Waals surface area contributed by atoms with Crippen molar-refractivity contribution in [1.82, 2.24) is 10.2 Å². The average Bonchev–Trinajstić information content (AvgIpc) is 2.64. The zero-order valence-electron chi connectivity index (χ0n) is 11.5. The van der Waals surface area contributed by atoms with E-state index in [2.05, 4.69) is 23.2 Å². The molecule has 0 amide bonds. The lowest BCUT2D eigenvalue weighted by atomic mass is 9.92. The van der Waals surface area contributed by atoms with Gasteiger partial charge in [0.25, 0.3) is 0 Å². The largest absolute Gasteiger partial charge is 0.303 e. The van der Waals surface area contributed by atoms with Crippen LogP contribution in [0.25, 0.3) is 0 Å². The first kappa shape index (κ1) is 14.5. The van der Waals surface area contributed by atoms with Gasteiger partial charge < -0.3 is 10.2 Å². The van der Waals surface area contributed by atoms with Crippen molar-refractivity contribution in [3.8, 4) is 6.07 Å². The van der Waals surface area contributed by atoms with Crippen LogP contribution in [0.2, 0.25) is 0 Å². The average molecular weight is 237 g/mol. The van der Waals surface area contributed by atoms with Crippen molar-refractivity contribution >= 4 is 0 Å². The molecule has 3 heteroatoms. The third kappa shape index (κ3) is 4.65. The monoisotopic (exact) mass is 237 g/mol. The Morgan fingerprint density at radius 3 is 2.35 bits per heavy atom. The summed E-state index contributed by atoms with van der Waals surface area (Å²) in [5.41, 5.74) is -0.300. The number of nitrogens with zero attached hydrogens (tertiary/aromatic N) is 2. The molecule has 1 atom stereocenters. The molecule has 3 nitrogen and oxygen atoms in total. The lowest BCUT2D eigenvalue weighted by Gasteiger charge is -2.26. The molecule has 0 aromatic rings. The summed E-state index contributed by atoms with van der Waals surface area (Å²) in [6, 6.07) is 2.44. The van der Waals surface area contributed by atoms with E-state index in [9.17, 15) is 5.26 Å². The molecule has 1 N–H and O–H groups in total. The highest BCUT2D eigenvalue weighted by Gasteiger charge is 2.25. The van der Waals surface area contributed by atoms with Gasteiger partial charge in [-0.2, -0.15) is 5.26 Å². The Labute approximate surface area is 106 Å². The minimum Gasteiger partial charge on any atom is -0.303 e. The molecule has 0 spiro atoms. The Morgan fingerprint density at radius 2 is 1.88 bits per heavy atom. The third-order valence-corrected chi connectivity index (χ3v) is 4.07. The molecule has 1 fully saturated rings. The predicted molar refractivity (Wildman–Crippen MR) is 71.8 cm³/mol. The van der Waals surface area contributed by atoms with E-state index in [0.29, 0.717) is 0 Å². The zero-order valence-corrected chi connectivity index (χ0v) is 11.5. The number of hydrogen-bond acceptors (Lipinski definition) is 3. The molecule has 1 aliphatic rings. The molecular formula is C14H27N3. The van der Waals surface area contributed by atoms with E-state index in [0.717, 1.165) is 25.8 Å². The number of hydrogen-bond donors (Lipinski definition) is 1. The molecule has 0 radical (unpaired) electrons. The quantitative estimate of drug-likeness (QED) is 0.771. The summed E-state index contributed by atoms with van der Waals surface area (Å²) >= 11 is 0. The van der Waals surface area contributed by atoms with Crippen molar-refractivity contribution in [2.75, 3.05) is 26.7 Å². The maximum atomic E-state index is 9.23. The summed E-state index contributed by atoms with van der Waals surface area (Å²) in [6.45, 7) is 5.76. The van der Waals surface area contributed by atoms with E-state index < -0.39 is 0 Å². The first-order valence-corrected chi connectivity index (χ1v) is 7.09. The smallest absolute Gasteiger partial charge is 0.106 e. The minimum absolute atomic E-state index is 0.300. The fourth-order valence-electron chi connectivity index (χ4n) is 2.63. The van der Waals surface area contributed by atoms with Gasteiger partial charge in [-0.1, -0.05) is 19.8 Å². The summed E-state index contributed by atoms with van der Waals surface area (Å²) in [6.07, 6.45) is 8.47. The van der Waals surface area contributed by atoms with Crippen LogP contribution in [0.3, 0.4) is 0 Å². The van der Waals surface area contributed by atoms with Crippen LogP contribution in [-0.4, -0.2) is 37.1 Å². The molecule has 1 saturated heterocycles. The Morgan fingerprint density at radius 1 is 1.24 bits per heavy atom. The van der Waals surface area contributed by atoms with E-state index in [1.54, 1.807) is 0 Å². The summed E-state index contributed by atoms with van der Waals surface area (Å²) in [7, 11) is 1.90. The number of nitriles is 1. The van der Waals surface area contributed by atoms with Gasteiger partial charge >= 0.3 is 0 Å². The first-order valence-electron chi connectivity index (χ1n) is 7.09. The van der Waals surface area contributed by atoms with Crippen LogP contribution in [0, 0.1) is 11.3 Å². The van der Waals surface area contributed by atoms with Gasteiger partial charge in [-0.3, -0.25) is 0 Å². The van der Waals surface area contributed by atoms with Crippen LogP contribution in [0.5, 0.6) is 0 Å². The van der Waals surface area contributed by atoms with Crippen molar-refractivity contribution in [3.05, 3.63) is 0 Å². The highest BCUT2D eigenvalue weighted by atomic mass is 15.1. The lowest BCUT2D eigenvalue weighted by Crippen LogP contribution is -2.41. The normalized spacial score (nSPS) is 21.5. The Hall–Kier alpha value is -0.590. The van der Waals surface area contributed by atoms with Crippen molar-refractivity contribution in [3.63, 3.8) is 0 Å². The lowest BCUT2D eigenvalue weighted by molar-refractivity contribution is 0.264. The molecule has 98 valence electrons. The van der Waals surface area contributed by atoms with Gasteiger partial charge in [0.1, 0.15) is 5.54 Å². The van der Waals surface area contributed by atoms with E-state index in [-0.39, 0.29) is 5.54 Å². The van der Waals surface area contributed by atoms with Crippen LogP contribution in [0.15, 0.2) is 0 Å². The summed E-state index contributed by atoms with van der Waals surface area (Å²) in [5.74, 6) is 0. The van der Waals surface area contributed by atoms with Gasteiger partial charge in [0.15, 0.2) is 0 Å². The van der Waals surface area contributed by atoms with E-state index in [1.807, 2.05) is 7.05 Å². The number of likely N-dealkylation sites (tertiary alicyclic amines) is 1. The number of nitrogens with one attached hydrogen (secondary N) is 1. The molecule has 0 saturated carbocycles. The maximum Gasteiger partial charge on any atom is 0.106 e. The highest BCUT2D eigenvalue weighted by Crippen LogP contribution is 2.17. The Balaban J connectivity index is 2.28. The molecule has 0 aromatic carbocycles. The molecule has 1 heterocycles. The summed E-state index contributed by atoms with van der Waals surface area (Å²) in [5, 5.41) is 12.4. The third-order valence-electron chi connectivity index (χ3n) is 4.07. The molecule has 1 unspecified atom stereocenters. The van der Waals surface area contributed by atoms with Crippen molar-refractivity contribution in [1.29, 1.82) is 5.26 Å². The van der Waals surface area contributed by atoms with E-state index >= 15 is 0 Å². The van der Waals surface area contributed by atoms with E-state index in [1.165, 1.54) is 38.8 Å². The summed E-state index contributed by atoms with van der Waals surface area (Å²) < 4.78 is 0. The van der Waals surface area contributed by atoms with Gasteiger partial charge in [0.05, 0.1) is 6.07 Å². The van der Waals surface area contributed by atoms with Crippen molar-refractivity contribution in [2.24, 2.45) is 0 Å². The zero-order chi connectivity index (χ0) is 12.6. The van der Waals surface area contributed by atoms with Crippen LogP contribution in [-0.2, 0) is 0 Å². The topological polar surface area (TPSA) is 39.1 Å². The van der Waals surface area contributed by atoms with Gasteiger partial charge in [0.2, 0.25) is 0 Å². The highest BCUT2D eigenvalue weighted by molar-refractivity contribution is 5.05. The fraction of sp³-hybridized carbons (Fsp3) is 0.929.